The van der Waals surface area contributed by atoms with E-state index in [1.807, 2.05) is 23.6 Å². The monoisotopic (exact) mass is 431 g/mol. The number of pyridine rings is 1. The number of carboxylic acids is 1. The van der Waals surface area contributed by atoms with Crippen LogP contribution in [0, 0.1) is 11.3 Å². The molecule has 154 valence electrons. The minimum atomic E-state index is -1.33. The number of ether oxygens (including phenoxy) is 2. The number of hydrogen-bond acceptors (Lipinski definition) is 8. The van der Waals surface area contributed by atoms with Gasteiger partial charge in [-0.2, -0.15) is 5.26 Å². The van der Waals surface area contributed by atoms with Crippen LogP contribution >= 0.6 is 11.3 Å². The van der Waals surface area contributed by atoms with Crippen molar-refractivity contribution in [3.63, 3.8) is 0 Å². The zero-order valence-corrected chi connectivity index (χ0v) is 17.1. The fourth-order valence-electron chi connectivity index (χ4n) is 3.08. The van der Waals surface area contributed by atoms with E-state index < -0.39 is 5.97 Å². The molecule has 31 heavy (non-hydrogen) atoms. The lowest BCUT2D eigenvalue weighted by atomic mass is 10.0. The zero-order valence-electron chi connectivity index (χ0n) is 16.3. The molecule has 0 bridgehead atoms. The van der Waals surface area contributed by atoms with Crippen LogP contribution in [0.2, 0.25) is 0 Å². The molecule has 4 rings (SSSR count). The van der Waals surface area contributed by atoms with E-state index in [4.69, 9.17) is 13.9 Å². The van der Waals surface area contributed by atoms with Gasteiger partial charge < -0.3 is 23.8 Å². The van der Waals surface area contributed by atoms with E-state index in [9.17, 15) is 15.2 Å². The van der Waals surface area contributed by atoms with Crippen molar-refractivity contribution in [3.8, 4) is 39.4 Å². The Balaban J connectivity index is 1.72. The molecule has 3 heterocycles. The number of carbonyl (C=O) groups is 1. The summed E-state index contributed by atoms with van der Waals surface area (Å²) in [5, 5.41) is 22.9. The molecule has 0 N–H and O–H groups in total. The average Bonchev–Trinajstić information content (AvgIpc) is 3.51. The number of benzene rings is 1. The van der Waals surface area contributed by atoms with Crippen molar-refractivity contribution < 1.29 is 23.8 Å². The fourth-order valence-corrected chi connectivity index (χ4v) is 3.76. The highest BCUT2D eigenvalue weighted by atomic mass is 32.1. The van der Waals surface area contributed by atoms with Crippen molar-refractivity contribution in [1.29, 1.82) is 5.26 Å². The highest BCUT2D eigenvalue weighted by Crippen LogP contribution is 2.35. The molecule has 0 unspecified atom stereocenters. The number of thiophene rings is 1. The van der Waals surface area contributed by atoms with Crippen molar-refractivity contribution in [1.82, 2.24) is 4.98 Å². The summed E-state index contributed by atoms with van der Waals surface area (Å²) < 4.78 is 16.2. The molecule has 1 aromatic carbocycles. The summed E-state index contributed by atoms with van der Waals surface area (Å²) in [4.78, 5) is 16.7. The second kappa shape index (κ2) is 8.73. The maximum atomic E-state index is 11.2. The molecule has 0 radical (unpaired) electrons. The largest absolute Gasteiger partial charge is 0.545 e. The van der Waals surface area contributed by atoms with Gasteiger partial charge in [0.25, 0.3) is 0 Å². The number of aromatic nitrogens is 1. The summed E-state index contributed by atoms with van der Waals surface area (Å²) in [6.07, 6.45) is 3.09. The molecule has 7 nitrogen and oxygen atoms in total. The SMILES string of the molecule is COc1cc(COc2nc(-c3cccs3)cc(-c3ccoc3)c2C#N)ccc1C(=O)[O-]. The van der Waals surface area contributed by atoms with Crippen LogP contribution in [0.3, 0.4) is 0 Å². The summed E-state index contributed by atoms with van der Waals surface area (Å²) in [5.41, 5.74) is 2.93. The summed E-state index contributed by atoms with van der Waals surface area (Å²) in [5.74, 6) is -0.986. The number of aromatic carboxylic acids is 1. The lowest BCUT2D eigenvalue weighted by Crippen LogP contribution is -2.23. The lowest BCUT2D eigenvalue weighted by molar-refractivity contribution is -0.255. The Kier molecular flexibility index (Phi) is 5.69. The van der Waals surface area contributed by atoms with Crippen molar-refractivity contribution in [3.05, 3.63) is 77.1 Å². The second-order valence-corrected chi connectivity index (χ2v) is 7.39. The molecular weight excluding hydrogens is 416 g/mol. The van der Waals surface area contributed by atoms with Crippen molar-refractivity contribution in [2.45, 2.75) is 6.61 Å². The molecule has 0 atom stereocenters. The van der Waals surface area contributed by atoms with Gasteiger partial charge in [0.15, 0.2) is 0 Å². The number of nitriles is 1. The predicted octanol–water partition coefficient (Wildman–Crippen LogP) is 3.89. The van der Waals surface area contributed by atoms with E-state index in [1.54, 1.807) is 24.5 Å². The van der Waals surface area contributed by atoms with Gasteiger partial charge >= 0.3 is 0 Å². The third kappa shape index (κ3) is 4.13. The van der Waals surface area contributed by atoms with Crippen LogP contribution < -0.4 is 14.6 Å². The minimum Gasteiger partial charge on any atom is -0.545 e. The van der Waals surface area contributed by atoms with Gasteiger partial charge in [-0.25, -0.2) is 4.98 Å². The molecule has 0 amide bonds. The number of nitrogens with zero attached hydrogens (tertiary/aromatic N) is 2. The molecule has 0 fully saturated rings. The number of carboxylic acid groups (broad SMARTS) is 1. The Morgan fingerprint density at radius 1 is 1.29 bits per heavy atom. The van der Waals surface area contributed by atoms with Gasteiger partial charge in [0.2, 0.25) is 5.88 Å². The maximum Gasteiger partial charge on any atom is 0.233 e. The standard InChI is InChI=1S/C23H16N2O5S/c1-28-20-9-14(4-5-16(20)23(26)27)12-30-22-18(11-24)17(15-6-7-29-13-15)10-19(25-22)21-3-2-8-31-21/h2-10,13H,12H2,1H3,(H,26,27)/p-1. The maximum absolute atomic E-state index is 11.2. The Morgan fingerprint density at radius 2 is 2.16 bits per heavy atom. The third-order valence-corrected chi connectivity index (χ3v) is 5.46. The highest BCUT2D eigenvalue weighted by Gasteiger charge is 2.18. The molecule has 0 saturated heterocycles. The van der Waals surface area contributed by atoms with E-state index in [-0.39, 0.29) is 29.4 Å². The van der Waals surface area contributed by atoms with Gasteiger partial charge in [-0.1, -0.05) is 12.1 Å². The van der Waals surface area contributed by atoms with Gasteiger partial charge in [-0.3, -0.25) is 0 Å². The number of furan rings is 1. The lowest BCUT2D eigenvalue weighted by Gasteiger charge is -2.14. The molecule has 4 aromatic rings. The van der Waals surface area contributed by atoms with Crippen LogP contribution in [0.5, 0.6) is 11.6 Å². The quantitative estimate of drug-likeness (QED) is 0.437. The molecule has 0 saturated carbocycles. The second-order valence-electron chi connectivity index (χ2n) is 6.45. The Morgan fingerprint density at radius 3 is 2.81 bits per heavy atom. The molecule has 8 heteroatoms. The number of rotatable bonds is 7. The van der Waals surface area contributed by atoms with Gasteiger partial charge in [0.05, 0.1) is 36.2 Å². The molecule has 0 aliphatic rings. The molecule has 0 aliphatic heterocycles. The van der Waals surface area contributed by atoms with E-state index in [0.29, 0.717) is 16.8 Å². The number of hydrogen-bond donors (Lipinski definition) is 0. The van der Waals surface area contributed by atoms with Crippen molar-refractivity contribution in [2.24, 2.45) is 0 Å². The minimum absolute atomic E-state index is 0.0518. The van der Waals surface area contributed by atoms with Gasteiger partial charge in [0, 0.05) is 16.7 Å². The molecule has 3 aromatic heterocycles. The number of methoxy groups -OCH3 is 1. The zero-order chi connectivity index (χ0) is 21.8. The van der Waals surface area contributed by atoms with Gasteiger partial charge in [-0.15, -0.1) is 11.3 Å². The Hall–Kier alpha value is -4.09. The first-order valence-corrected chi connectivity index (χ1v) is 10.0. The summed E-state index contributed by atoms with van der Waals surface area (Å²) in [6, 6.07) is 14.2. The van der Waals surface area contributed by atoms with E-state index in [2.05, 4.69) is 11.1 Å². The number of carbonyl (C=O) groups excluding carboxylic acids is 1. The van der Waals surface area contributed by atoms with E-state index in [0.717, 1.165) is 10.4 Å². The summed E-state index contributed by atoms with van der Waals surface area (Å²) in [7, 11) is 1.38. The van der Waals surface area contributed by atoms with Crippen molar-refractivity contribution in [2.75, 3.05) is 7.11 Å². The fraction of sp³-hybridized carbons (Fsp3) is 0.0870. The highest BCUT2D eigenvalue weighted by molar-refractivity contribution is 7.13. The first-order chi connectivity index (χ1) is 15.1. The molecular formula is C23H15N2O5S-. The normalized spacial score (nSPS) is 10.5. The van der Waals surface area contributed by atoms with Gasteiger partial charge in [0.1, 0.15) is 24.0 Å². The smallest absolute Gasteiger partial charge is 0.233 e. The average molecular weight is 431 g/mol. The molecule has 0 spiro atoms. The first kappa shape index (κ1) is 20.2. The van der Waals surface area contributed by atoms with Crippen LogP contribution in [-0.4, -0.2) is 18.1 Å². The summed E-state index contributed by atoms with van der Waals surface area (Å²) >= 11 is 1.53. The van der Waals surface area contributed by atoms with Gasteiger partial charge in [-0.05, 0) is 41.3 Å². The first-order valence-electron chi connectivity index (χ1n) is 9.13. The van der Waals surface area contributed by atoms with Crippen LogP contribution in [-0.2, 0) is 6.61 Å². The summed E-state index contributed by atoms with van der Waals surface area (Å²) in [6.45, 7) is 0.0596. The predicted molar refractivity (Wildman–Crippen MR) is 112 cm³/mol. The van der Waals surface area contributed by atoms with E-state index >= 15 is 0 Å². The van der Waals surface area contributed by atoms with Crippen LogP contribution in [0.4, 0.5) is 0 Å². The van der Waals surface area contributed by atoms with Crippen LogP contribution in [0.1, 0.15) is 21.5 Å². The van der Waals surface area contributed by atoms with E-state index in [1.165, 1.54) is 30.8 Å². The Labute approximate surface area is 181 Å². The third-order valence-electron chi connectivity index (χ3n) is 4.57. The Bertz CT molecular complexity index is 1260. The van der Waals surface area contributed by atoms with Crippen LogP contribution in [0.15, 0.2) is 64.8 Å². The molecule has 0 aliphatic carbocycles. The topological polar surface area (TPSA) is 108 Å². The van der Waals surface area contributed by atoms with Crippen molar-refractivity contribution >= 4 is 17.3 Å². The van der Waals surface area contributed by atoms with Crippen LogP contribution in [0.25, 0.3) is 21.7 Å².